The van der Waals surface area contributed by atoms with Gasteiger partial charge in [-0.3, -0.25) is 9.97 Å². The Morgan fingerprint density at radius 1 is 0.222 bits per heavy atom. The fraction of sp³-hybridized carbons (Fsp3) is 0. The second kappa shape index (κ2) is 27.6. The van der Waals surface area contributed by atoms with Crippen LogP contribution in [0.3, 0.4) is 0 Å². The van der Waals surface area contributed by atoms with E-state index in [1.807, 2.05) is 48.8 Å². The summed E-state index contributed by atoms with van der Waals surface area (Å²) in [5.41, 5.74) is 24.3. The first-order valence-electron chi connectivity index (χ1n) is 39.9. The highest BCUT2D eigenvalue weighted by molar-refractivity contribution is 6.38. The van der Waals surface area contributed by atoms with E-state index in [4.69, 9.17) is 19.4 Å². The number of fused-ring (bicyclic) bond motifs is 20. The summed E-state index contributed by atoms with van der Waals surface area (Å²) in [5.74, 6) is 0.628. The predicted molar refractivity (Wildman–Crippen MR) is 491 cm³/mol. The Labute approximate surface area is 674 Å². The summed E-state index contributed by atoms with van der Waals surface area (Å²) in [6.45, 7) is 0. The zero-order valence-electron chi connectivity index (χ0n) is 63.5. The minimum absolute atomic E-state index is 0.628. The second-order valence-corrected chi connectivity index (χ2v) is 30.4. The van der Waals surface area contributed by atoms with Gasteiger partial charge in [-0.2, -0.15) is 0 Å². The van der Waals surface area contributed by atoms with Crippen LogP contribution < -0.4 is 0 Å². The Bertz CT molecular complexity index is 8060. The van der Waals surface area contributed by atoms with Crippen LogP contribution in [0.15, 0.2) is 423 Å². The maximum absolute atomic E-state index is 6.15. The third-order valence-corrected chi connectivity index (χ3v) is 23.8. The maximum atomic E-state index is 6.15. The molecule has 0 radical (unpaired) electrons. The first kappa shape index (κ1) is 67.1. The lowest BCUT2D eigenvalue weighted by Gasteiger charge is -2.17. The van der Waals surface area contributed by atoms with Crippen molar-refractivity contribution in [3.05, 3.63) is 419 Å². The molecule has 0 unspecified atom stereocenters. The molecule has 544 valence electrons. The van der Waals surface area contributed by atoms with Gasteiger partial charge in [0.15, 0.2) is 5.58 Å². The van der Waals surface area contributed by atoms with Crippen LogP contribution in [0.1, 0.15) is 0 Å². The molecule has 0 aliphatic heterocycles. The van der Waals surface area contributed by atoms with E-state index in [9.17, 15) is 0 Å². The molecule has 0 N–H and O–H groups in total. The smallest absolute Gasteiger partial charge is 0.227 e. The lowest BCUT2D eigenvalue weighted by molar-refractivity contribution is 0.620. The first-order valence-corrected chi connectivity index (χ1v) is 39.9. The highest BCUT2D eigenvalue weighted by Crippen LogP contribution is 2.54. The van der Waals surface area contributed by atoms with Gasteiger partial charge in [0.05, 0.1) is 33.6 Å². The van der Waals surface area contributed by atoms with Crippen molar-refractivity contribution in [2.45, 2.75) is 0 Å². The van der Waals surface area contributed by atoms with Gasteiger partial charge in [-0.05, 0) is 182 Å². The van der Waals surface area contributed by atoms with Crippen molar-refractivity contribution in [1.82, 2.24) is 24.1 Å². The molecule has 0 saturated heterocycles. The van der Waals surface area contributed by atoms with Crippen molar-refractivity contribution in [2.75, 3.05) is 0 Å². The summed E-state index contributed by atoms with van der Waals surface area (Å²) in [5, 5.41) is 23.1. The van der Waals surface area contributed by atoms with Crippen LogP contribution in [0, 0.1) is 0 Å². The van der Waals surface area contributed by atoms with Gasteiger partial charge < -0.3 is 13.6 Å². The van der Waals surface area contributed by atoms with Gasteiger partial charge >= 0.3 is 0 Å². The standard InChI is InChI=1S/C56H35N3.C55H34N2O/c1-3-16-37(17-4-1)52-54-53-46-24-12-10-22-44(46)48(41-28-30-51(57-34-41)42-31-40-21-9-14-26-50(40)58-35-42)33-49(53)45-23-11-13-25-47(45)56(54)59(55(52)38-18-5-2-6-19-38)43-29-27-36-15-7-8-20-39(36)32-43;1-3-16-37(17-4-1)50-52-51-44-23-11-9-21-42(44)46(36-27-29-39(30-28-36)55-56-48-25-13-14-26-49(48)58-55)34-47(51)43-22-10-12-24-45(43)54(52)57(53(50)38-18-5-2-6-19-38)41-32-31-35-15-7-8-20-40(35)33-41/h1-35H;1-34H. The van der Waals surface area contributed by atoms with E-state index in [1.54, 1.807) is 0 Å². The molecule has 5 heterocycles. The molecule has 0 aliphatic carbocycles. The lowest BCUT2D eigenvalue weighted by Crippen LogP contribution is -1.98. The molecule has 0 spiro atoms. The maximum Gasteiger partial charge on any atom is 0.227 e. The lowest BCUT2D eigenvalue weighted by atomic mass is 9.87. The van der Waals surface area contributed by atoms with Crippen molar-refractivity contribution in [3.8, 4) is 101 Å². The first-order chi connectivity index (χ1) is 58.1. The fourth-order valence-electron chi connectivity index (χ4n) is 18.6. The highest BCUT2D eigenvalue weighted by Gasteiger charge is 2.30. The topological polar surface area (TPSA) is 61.7 Å². The fourth-order valence-corrected chi connectivity index (χ4v) is 18.6. The molecular weight excluding hydrogens is 1420 g/mol. The highest BCUT2D eigenvalue weighted by atomic mass is 16.3. The van der Waals surface area contributed by atoms with Crippen LogP contribution in [0.2, 0.25) is 0 Å². The molecule has 19 aromatic carbocycles. The normalized spacial score (nSPS) is 11.8. The molecule has 6 nitrogen and oxygen atoms in total. The molecular formula is C111H69N5O. The summed E-state index contributed by atoms with van der Waals surface area (Å²) in [4.78, 5) is 14.5. The van der Waals surface area contributed by atoms with Crippen LogP contribution in [-0.2, 0) is 0 Å². The third-order valence-electron chi connectivity index (χ3n) is 23.8. The van der Waals surface area contributed by atoms with Gasteiger partial charge in [-0.1, -0.05) is 328 Å². The van der Waals surface area contributed by atoms with Crippen LogP contribution in [0.25, 0.3) is 231 Å². The zero-order valence-corrected chi connectivity index (χ0v) is 63.5. The Balaban J connectivity index is 0.000000138. The Hall–Kier alpha value is -15.6. The van der Waals surface area contributed by atoms with Gasteiger partial charge in [0, 0.05) is 89.3 Å². The summed E-state index contributed by atoms with van der Waals surface area (Å²) in [6, 6.07) is 147. The molecule has 0 aliphatic rings. The Kier molecular flexibility index (Phi) is 15.8. The van der Waals surface area contributed by atoms with Gasteiger partial charge in [-0.25, -0.2) is 4.98 Å². The molecule has 0 amide bonds. The van der Waals surface area contributed by atoms with Crippen molar-refractivity contribution in [2.24, 2.45) is 0 Å². The van der Waals surface area contributed by atoms with E-state index in [-0.39, 0.29) is 0 Å². The average molecular weight is 1490 g/mol. The van der Waals surface area contributed by atoms with Crippen molar-refractivity contribution < 1.29 is 4.42 Å². The minimum atomic E-state index is 0.628. The molecule has 0 fully saturated rings. The van der Waals surface area contributed by atoms with Crippen LogP contribution >= 0.6 is 0 Å². The summed E-state index contributed by atoms with van der Waals surface area (Å²) >= 11 is 0. The van der Waals surface area contributed by atoms with Gasteiger partial charge in [0.2, 0.25) is 5.89 Å². The molecule has 0 atom stereocenters. The number of benzene rings is 19. The van der Waals surface area contributed by atoms with Crippen molar-refractivity contribution in [1.29, 1.82) is 0 Å². The molecule has 117 heavy (non-hydrogen) atoms. The van der Waals surface area contributed by atoms with E-state index in [2.05, 4.69) is 379 Å². The Morgan fingerprint density at radius 3 is 1.11 bits per heavy atom. The summed E-state index contributed by atoms with van der Waals surface area (Å²) in [6.07, 6.45) is 3.95. The molecule has 0 bridgehead atoms. The average Bonchev–Trinajstić information content (AvgIpc) is 1.57. The van der Waals surface area contributed by atoms with Gasteiger partial charge in [0.1, 0.15) is 5.52 Å². The van der Waals surface area contributed by atoms with Gasteiger partial charge in [0.25, 0.3) is 0 Å². The van der Waals surface area contributed by atoms with E-state index in [0.29, 0.717) is 5.89 Å². The van der Waals surface area contributed by atoms with E-state index >= 15 is 0 Å². The quantitative estimate of drug-likeness (QED) is 0.128. The van der Waals surface area contributed by atoms with Gasteiger partial charge in [-0.15, -0.1) is 0 Å². The number of aromatic nitrogens is 5. The van der Waals surface area contributed by atoms with Crippen molar-refractivity contribution >= 4 is 130 Å². The molecule has 5 aromatic heterocycles. The second-order valence-electron chi connectivity index (χ2n) is 30.4. The van der Waals surface area contributed by atoms with Crippen molar-refractivity contribution in [3.63, 3.8) is 0 Å². The number of pyridine rings is 2. The molecule has 0 saturated carbocycles. The number of nitrogens with zero attached hydrogens (tertiary/aromatic N) is 5. The van der Waals surface area contributed by atoms with Crippen LogP contribution in [0.4, 0.5) is 0 Å². The number of hydrogen-bond donors (Lipinski definition) is 0. The number of oxazole rings is 1. The van der Waals surface area contributed by atoms with E-state index in [0.717, 1.165) is 66.9 Å². The number of para-hydroxylation sites is 3. The number of rotatable bonds is 10. The molecule has 6 heteroatoms. The monoisotopic (exact) mass is 1490 g/mol. The van der Waals surface area contributed by atoms with Crippen LogP contribution in [-0.4, -0.2) is 24.1 Å². The van der Waals surface area contributed by atoms with E-state index in [1.165, 1.54) is 158 Å². The molecule has 24 aromatic rings. The predicted octanol–water partition coefficient (Wildman–Crippen LogP) is 29.9. The SMILES string of the molecule is c1ccc(-c2c(-c3ccccc3)n(-c3ccc4ccccc4c3)c3c4ccccc4c4cc(-c5ccc(-c6cnc7ccccc7c6)nc5)c5ccccc5c4c23)cc1.c1ccc(-c2c(-c3ccccc3)n(-c3ccc4ccccc4c3)c3c4ccccc4c4cc(-c5ccc(-c6nc7ccccc7o6)cc5)c5ccccc5c4c23)cc1. The largest absolute Gasteiger partial charge is 0.436 e. The summed E-state index contributed by atoms with van der Waals surface area (Å²) in [7, 11) is 0. The summed E-state index contributed by atoms with van der Waals surface area (Å²) < 4.78 is 11.2. The van der Waals surface area contributed by atoms with E-state index < -0.39 is 0 Å². The third kappa shape index (κ3) is 11.1. The molecule has 24 rings (SSSR count). The van der Waals surface area contributed by atoms with Crippen LogP contribution in [0.5, 0.6) is 0 Å². The minimum Gasteiger partial charge on any atom is -0.436 e. The zero-order chi connectivity index (χ0) is 77.0. The Morgan fingerprint density at radius 2 is 0.615 bits per heavy atom. The number of hydrogen-bond acceptors (Lipinski definition) is 4.